The van der Waals surface area contributed by atoms with E-state index in [0.29, 0.717) is 0 Å². The second kappa shape index (κ2) is 11.3. The highest BCUT2D eigenvalue weighted by Gasteiger charge is 2.56. The Labute approximate surface area is 323 Å². The molecule has 2 saturated carbocycles. The van der Waals surface area contributed by atoms with Gasteiger partial charge in [-0.3, -0.25) is 0 Å². The average molecular weight is 706 g/mol. The molecule has 8 aromatic carbocycles. The quantitative estimate of drug-likeness (QED) is 0.165. The molecule has 264 valence electrons. The van der Waals surface area contributed by atoms with Gasteiger partial charge in [-0.25, -0.2) is 0 Å². The summed E-state index contributed by atoms with van der Waals surface area (Å²) in [5, 5.41) is 5.14. The van der Waals surface area contributed by atoms with E-state index < -0.39 is 0 Å². The van der Waals surface area contributed by atoms with E-state index in [1.165, 1.54) is 109 Å². The molecule has 4 aliphatic carbocycles. The fraction of sp³-hybridized carbons (Fsp3) is 0.185. The maximum absolute atomic E-state index is 2.58. The number of hydrogen-bond acceptors (Lipinski definition) is 1. The van der Waals surface area contributed by atoms with Gasteiger partial charge in [0.25, 0.3) is 0 Å². The average Bonchev–Trinajstić information content (AvgIpc) is 3.98. The summed E-state index contributed by atoms with van der Waals surface area (Å²) in [6.45, 7) is 4.77. The van der Waals surface area contributed by atoms with Gasteiger partial charge in [-0.15, -0.1) is 0 Å². The lowest BCUT2D eigenvalue weighted by Crippen LogP contribution is -2.32. The minimum atomic E-state index is -0.0693. The van der Waals surface area contributed by atoms with Crippen LogP contribution in [0.25, 0.3) is 54.9 Å². The molecule has 2 fully saturated rings. The first kappa shape index (κ1) is 31.4. The highest BCUT2D eigenvalue weighted by molar-refractivity contribution is 6.08. The normalized spacial score (nSPS) is 20.8. The van der Waals surface area contributed by atoms with Gasteiger partial charge in [0.2, 0.25) is 0 Å². The molecular weight excluding hydrogens is 663 g/mol. The van der Waals surface area contributed by atoms with Gasteiger partial charge in [0.15, 0.2) is 0 Å². The molecular formula is C54H43N. The number of anilines is 3. The van der Waals surface area contributed by atoms with Crippen molar-refractivity contribution in [3.05, 3.63) is 186 Å². The van der Waals surface area contributed by atoms with Crippen LogP contribution in [0.4, 0.5) is 17.1 Å². The van der Waals surface area contributed by atoms with Crippen LogP contribution in [0.2, 0.25) is 0 Å². The maximum Gasteiger partial charge on any atom is 0.0468 e. The summed E-state index contributed by atoms with van der Waals surface area (Å²) in [5.41, 5.74) is 17.8. The van der Waals surface area contributed by atoms with Gasteiger partial charge in [-0.1, -0.05) is 148 Å². The predicted molar refractivity (Wildman–Crippen MR) is 231 cm³/mol. The number of nitrogens with zero attached hydrogens (tertiary/aromatic N) is 1. The molecule has 0 aromatic heterocycles. The predicted octanol–water partition coefficient (Wildman–Crippen LogP) is 14.5. The molecule has 55 heavy (non-hydrogen) atoms. The van der Waals surface area contributed by atoms with Gasteiger partial charge in [0.1, 0.15) is 0 Å². The van der Waals surface area contributed by atoms with Gasteiger partial charge in [-0.05, 0) is 145 Å². The van der Waals surface area contributed by atoms with Crippen molar-refractivity contribution < 1.29 is 0 Å². The van der Waals surface area contributed by atoms with Crippen molar-refractivity contribution in [1.82, 2.24) is 0 Å². The summed E-state index contributed by atoms with van der Waals surface area (Å²) < 4.78 is 0. The van der Waals surface area contributed by atoms with Crippen molar-refractivity contribution in [3.8, 4) is 33.4 Å². The highest BCUT2D eigenvalue weighted by Crippen LogP contribution is 2.66. The van der Waals surface area contributed by atoms with E-state index in [9.17, 15) is 0 Å². The lowest BCUT2D eigenvalue weighted by atomic mass is 9.67. The third-order valence-corrected chi connectivity index (χ3v) is 14.3. The summed E-state index contributed by atoms with van der Waals surface area (Å²) in [4.78, 5) is 2.51. The van der Waals surface area contributed by atoms with Crippen LogP contribution in [-0.2, 0) is 10.8 Å². The molecule has 0 heterocycles. The van der Waals surface area contributed by atoms with Crippen molar-refractivity contribution in [3.63, 3.8) is 0 Å². The lowest BCUT2D eigenvalue weighted by molar-refractivity contribution is 0.327. The standard InChI is InChI=1S/C54H43N/c1-53(2)49-16-7-5-13-46(49)48-15-9-14-44(52(48)53)36-21-24-39(25-22-36)55(40-26-28-43-37(31-40)20-19-35-10-3-4-11-42(35)43)41-27-29-47-45-12-6-8-17-50(45)54(51(47)32-41)33-34-18-23-38(54)30-34/h3-17,19-22,24-29,31-32,34,38H,18,23,30,33H2,1-2H3. The van der Waals surface area contributed by atoms with Gasteiger partial charge in [0.05, 0.1) is 0 Å². The van der Waals surface area contributed by atoms with E-state index in [1.807, 2.05) is 0 Å². The first-order valence-corrected chi connectivity index (χ1v) is 20.3. The van der Waals surface area contributed by atoms with Crippen LogP contribution in [0.15, 0.2) is 164 Å². The van der Waals surface area contributed by atoms with Crippen LogP contribution in [0.5, 0.6) is 0 Å². The first-order valence-electron chi connectivity index (χ1n) is 20.3. The minimum absolute atomic E-state index is 0.0693. The van der Waals surface area contributed by atoms with E-state index in [2.05, 4.69) is 183 Å². The Morgan fingerprint density at radius 1 is 0.473 bits per heavy atom. The van der Waals surface area contributed by atoms with Crippen molar-refractivity contribution in [2.45, 2.75) is 50.4 Å². The van der Waals surface area contributed by atoms with Crippen molar-refractivity contribution in [1.29, 1.82) is 0 Å². The smallest absolute Gasteiger partial charge is 0.0468 e. The van der Waals surface area contributed by atoms with Gasteiger partial charge < -0.3 is 4.90 Å². The zero-order valence-electron chi connectivity index (χ0n) is 31.5. The summed E-state index contributed by atoms with van der Waals surface area (Å²) in [5.74, 6) is 1.56. The van der Waals surface area contributed by atoms with E-state index in [0.717, 1.165) is 11.8 Å². The van der Waals surface area contributed by atoms with Gasteiger partial charge >= 0.3 is 0 Å². The van der Waals surface area contributed by atoms with Crippen molar-refractivity contribution >= 4 is 38.6 Å². The molecule has 0 aliphatic heterocycles. The summed E-state index contributed by atoms with van der Waals surface area (Å²) in [7, 11) is 0. The fourth-order valence-electron chi connectivity index (χ4n) is 12.0. The lowest BCUT2D eigenvalue weighted by Gasteiger charge is -2.37. The third-order valence-electron chi connectivity index (χ3n) is 14.3. The van der Waals surface area contributed by atoms with Crippen molar-refractivity contribution in [2.75, 3.05) is 4.90 Å². The molecule has 1 nitrogen and oxygen atoms in total. The topological polar surface area (TPSA) is 3.24 Å². The largest absolute Gasteiger partial charge is 0.310 e. The Balaban J connectivity index is 1.03. The van der Waals surface area contributed by atoms with Crippen LogP contribution >= 0.6 is 0 Å². The van der Waals surface area contributed by atoms with Crippen LogP contribution < -0.4 is 4.90 Å². The second-order valence-electron chi connectivity index (χ2n) is 17.3. The monoisotopic (exact) mass is 705 g/mol. The number of hydrogen-bond donors (Lipinski definition) is 0. The van der Waals surface area contributed by atoms with Crippen LogP contribution in [0, 0.1) is 11.8 Å². The SMILES string of the molecule is CC1(C)c2ccccc2-c2cccc(-c3ccc(N(c4ccc5c(c4)C4(CC6CCC4C6)c4ccccc4-5)c4ccc5c(ccc6ccccc65)c4)cc3)c21. The third kappa shape index (κ3) is 4.30. The number of fused-ring (bicyclic) bond motifs is 14. The second-order valence-corrected chi connectivity index (χ2v) is 17.3. The zero-order chi connectivity index (χ0) is 36.5. The molecule has 12 rings (SSSR count). The molecule has 2 bridgehead atoms. The summed E-state index contributed by atoms with van der Waals surface area (Å²) >= 11 is 0. The zero-order valence-corrected chi connectivity index (χ0v) is 31.5. The minimum Gasteiger partial charge on any atom is -0.310 e. The van der Waals surface area contributed by atoms with E-state index >= 15 is 0 Å². The molecule has 3 unspecified atom stereocenters. The van der Waals surface area contributed by atoms with E-state index in [4.69, 9.17) is 0 Å². The molecule has 1 spiro atoms. The van der Waals surface area contributed by atoms with Crippen LogP contribution in [0.3, 0.4) is 0 Å². The number of benzene rings is 8. The van der Waals surface area contributed by atoms with Gasteiger partial charge in [0, 0.05) is 27.9 Å². The van der Waals surface area contributed by atoms with E-state index in [1.54, 1.807) is 11.1 Å². The van der Waals surface area contributed by atoms with Crippen molar-refractivity contribution in [2.24, 2.45) is 11.8 Å². The first-order chi connectivity index (χ1) is 27.0. The summed E-state index contributed by atoms with van der Waals surface area (Å²) in [6.07, 6.45) is 5.39. The fourth-order valence-corrected chi connectivity index (χ4v) is 12.0. The molecule has 0 saturated heterocycles. The number of rotatable bonds is 4. The van der Waals surface area contributed by atoms with Crippen LogP contribution in [-0.4, -0.2) is 0 Å². The molecule has 0 radical (unpaired) electrons. The molecule has 4 aliphatic rings. The molecule has 0 N–H and O–H groups in total. The van der Waals surface area contributed by atoms with E-state index in [-0.39, 0.29) is 10.8 Å². The Morgan fingerprint density at radius 2 is 1.11 bits per heavy atom. The molecule has 8 aromatic rings. The Kier molecular flexibility index (Phi) is 6.46. The molecule has 3 atom stereocenters. The Hall–Kier alpha value is -5.92. The highest BCUT2D eigenvalue weighted by atomic mass is 15.1. The molecule has 0 amide bonds. The Morgan fingerprint density at radius 3 is 1.93 bits per heavy atom. The van der Waals surface area contributed by atoms with Gasteiger partial charge in [-0.2, -0.15) is 0 Å². The maximum atomic E-state index is 2.58. The summed E-state index contributed by atoms with van der Waals surface area (Å²) in [6, 6.07) is 62.3. The Bertz CT molecular complexity index is 2880. The molecule has 1 heteroatoms. The van der Waals surface area contributed by atoms with Crippen LogP contribution in [0.1, 0.15) is 61.8 Å².